The van der Waals surface area contributed by atoms with Gasteiger partial charge in [-0.25, -0.2) is 9.18 Å². The Hall–Kier alpha value is -3.19. The molecule has 0 spiro atoms. The van der Waals surface area contributed by atoms with Crippen LogP contribution in [0.1, 0.15) is 35.6 Å². The normalized spacial score (nSPS) is 19.8. The van der Waals surface area contributed by atoms with Crippen molar-refractivity contribution in [3.63, 3.8) is 0 Å². The summed E-state index contributed by atoms with van der Waals surface area (Å²) in [7, 11) is 1.64. The predicted octanol–water partition coefficient (Wildman–Crippen LogP) is 4.85. The molecule has 2 fully saturated rings. The second-order valence-corrected chi connectivity index (χ2v) is 8.90. The summed E-state index contributed by atoms with van der Waals surface area (Å²) in [6.45, 7) is 4.76. The van der Waals surface area contributed by atoms with E-state index < -0.39 is 0 Å². The number of ether oxygens (including phenoxy) is 2. The molecule has 2 saturated heterocycles. The molecule has 6 nitrogen and oxygen atoms in total. The van der Waals surface area contributed by atoms with Gasteiger partial charge in [0.05, 0.1) is 19.2 Å². The zero-order chi connectivity index (χ0) is 22.9. The van der Waals surface area contributed by atoms with Crippen molar-refractivity contribution in [2.45, 2.75) is 38.5 Å². The van der Waals surface area contributed by atoms with Crippen LogP contribution in [-0.4, -0.2) is 53.7 Å². The molecule has 1 aromatic heterocycles. The number of cyclic esters (lactones) is 1. The van der Waals surface area contributed by atoms with Crippen LogP contribution in [0, 0.1) is 12.7 Å². The average Bonchev–Trinajstić information content (AvgIpc) is 3.22. The van der Waals surface area contributed by atoms with Crippen LogP contribution >= 0.6 is 0 Å². The molecular weight excluding hydrogens is 421 g/mol. The molecule has 2 aromatic carbocycles. The van der Waals surface area contributed by atoms with E-state index in [0.717, 1.165) is 60.3 Å². The number of carbonyl (C=O) groups excluding carboxylic acids is 1. The number of methoxy groups -OCH3 is 1. The number of halogens is 1. The number of pyridine rings is 1. The van der Waals surface area contributed by atoms with Crippen LogP contribution in [0.4, 0.5) is 9.18 Å². The number of carbonyl (C=O) groups is 1. The Kier molecular flexibility index (Phi) is 5.89. The van der Waals surface area contributed by atoms with Crippen LogP contribution in [0.5, 0.6) is 5.75 Å². The number of hydrogen-bond donors (Lipinski definition) is 0. The third kappa shape index (κ3) is 4.37. The number of nitrogens with zero attached hydrogens (tertiary/aromatic N) is 3. The molecule has 0 N–H and O–H groups in total. The number of amides is 1. The van der Waals surface area contributed by atoms with E-state index in [-0.39, 0.29) is 24.1 Å². The molecule has 2 aliphatic heterocycles. The van der Waals surface area contributed by atoms with Crippen LogP contribution in [0.3, 0.4) is 0 Å². The van der Waals surface area contributed by atoms with E-state index >= 15 is 0 Å². The van der Waals surface area contributed by atoms with Gasteiger partial charge >= 0.3 is 6.09 Å². The smallest absolute Gasteiger partial charge is 0.410 e. The van der Waals surface area contributed by atoms with E-state index in [2.05, 4.69) is 9.88 Å². The first-order valence-electron chi connectivity index (χ1n) is 11.4. The molecule has 1 unspecified atom stereocenters. The van der Waals surface area contributed by atoms with Crippen molar-refractivity contribution in [3.05, 3.63) is 71.2 Å². The monoisotopic (exact) mass is 449 g/mol. The highest BCUT2D eigenvalue weighted by Crippen LogP contribution is 2.34. The minimum atomic E-state index is -0.330. The summed E-state index contributed by atoms with van der Waals surface area (Å²) in [5, 5.41) is 0.941. The van der Waals surface area contributed by atoms with E-state index in [1.165, 1.54) is 0 Å². The number of piperidine rings is 1. The number of rotatable bonds is 5. The fourth-order valence-electron chi connectivity index (χ4n) is 4.88. The highest BCUT2D eigenvalue weighted by molar-refractivity contribution is 5.84. The summed E-state index contributed by atoms with van der Waals surface area (Å²) in [5.41, 5.74) is 3.45. The Bertz CT molecular complexity index is 1180. The van der Waals surface area contributed by atoms with E-state index in [0.29, 0.717) is 12.1 Å². The molecular formula is C26H28FN3O3. The molecule has 0 saturated carbocycles. The van der Waals surface area contributed by atoms with Gasteiger partial charge in [0.15, 0.2) is 0 Å². The molecule has 0 radical (unpaired) electrons. The lowest BCUT2D eigenvalue weighted by molar-refractivity contribution is 0.110. The molecule has 7 heteroatoms. The lowest BCUT2D eigenvalue weighted by Crippen LogP contribution is -2.45. The summed E-state index contributed by atoms with van der Waals surface area (Å²) in [4.78, 5) is 21.4. The van der Waals surface area contributed by atoms with E-state index in [9.17, 15) is 9.18 Å². The summed E-state index contributed by atoms with van der Waals surface area (Å²) >= 11 is 0. The number of benzene rings is 2. The maximum atomic E-state index is 13.9. The highest BCUT2D eigenvalue weighted by Gasteiger charge is 2.38. The molecule has 172 valence electrons. The van der Waals surface area contributed by atoms with Crippen molar-refractivity contribution in [2.75, 3.05) is 26.7 Å². The van der Waals surface area contributed by atoms with Crippen molar-refractivity contribution in [3.8, 4) is 5.75 Å². The van der Waals surface area contributed by atoms with Gasteiger partial charge in [-0.05, 0) is 61.2 Å². The van der Waals surface area contributed by atoms with Gasteiger partial charge in [0.25, 0.3) is 0 Å². The van der Waals surface area contributed by atoms with Crippen molar-refractivity contribution in [1.82, 2.24) is 14.8 Å². The number of hydrogen-bond acceptors (Lipinski definition) is 5. The van der Waals surface area contributed by atoms with Crippen LogP contribution in [0.25, 0.3) is 10.9 Å². The molecule has 0 aliphatic carbocycles. The minimum Gasteiger partial charge on any atom is -0.497 e. The molecule has 33 heavy (non-hydrogen) atoms. The van der Waals surface area contributed by atoms with Crippen molar-refractivity contribution in [1.29, 1.82) is 0 Å². The summed E-state index contributed by atoms with van der Waals surface area (Å²) in [6, 6.07) is 13.3. The molecule has 3 aromatic rings. The molecule has 0 bridgehead atoms. The Morgan fingerprint density at radius 3 is 2.73 bits per heavy atom. The maximum absolute atomic E-state index is 13.9. The van der Waals surface area contributed by atoms with E-state index in [4.69, 9.17) is 9.47 Å². The average molecular weight is 450 g/mol. The number of likely N-dealkylation sites (tertiary alicyclic amines) is 1. The predicted molar refractivity (Wildman–Crippen MR) is 124 cm³/mol. The Balaban J connectivity index is 1.25. The maximum Gasteiger partial charge on any atom is 0.410 e. The standard InChI is InChI=1S/C26H28FN3O3/c1-17-3-4-18(13-23(17)27)15-29-11-8-19(9-12-29)30-16-25(33-26(30)31)21-7-10-28-24-6-5-20(32-2)14-22(21)24/h3-7,10,13-14,19,25H,8-9,11-12,15-16H2,1-2H3. The largest absolute Gasteiger partial charge is 0.497 e. The number of aryl methyl sites for hydroxylation is 1. The quantitative estimate of drug-likeness (QED) is 0.558. The van der Waals surface area contributed by atoms with Gasteiger partial charge in [0.1, 0.15) is 17.7 Å². The first-order chi connectivity index (χ1) is 16.0. The van der Waals surface area contributed by atoms with Crippen LogP contribution < -0.4 is 4.74 Å². The highest BCUT2D eigenvalue weighted by atomic mass is 19.1. The summed E-state index contributed by atoms with van der Waals surface area (Å²) < 4.78 is 25.0. The summed E-state index contributed by atoms with van der Waals surface area (Å²) in [5.74, 6) is 0.591. The SMILES string of the molecule is COc1ccc2nccc(C3CN(C4CCN(Cc5ccc(C)c(F)c5)CC4)C(=O)O3)c2c1. The van der Waals surface area contributed by atoms with Gasteiger partial charge in [-0.2, -0.15) is 0 Å². The van der Waals surface area contributed by atoms with Gasteiger partial charge < -0.3 is 14.4 Å². The number of fused-ring (bicyclic) bond motifs is 1. The summed E-state index contributed by atoms with van der Waals surface area (Å²) in [6.07, 6.45) is 2.92. The Morgan fingerprint density at radius 2 is 1.97 bits per heavy atom. The second kappa shape index (κ2) is 8.98. The van der Waals surface area contributed by atoms with Gasteiger partial charge in [0.2, 0.25) is 0 Å². The van der Waals surface area contributed by atoms with Crippen LogP contribution in [0.15, 0.2) is 48.7 Å². The van der Waals surface area contributed by atoms with Crippen molar-refractivity contribution >= 4 is 17.0 Å². The first kappa shape index (κ1) is 21.6. The van der Waals surface area contributed by atoms with Gasteiger partial charge in [-0.15, -0.1) is 0 Å². The van der Waals surface area contributed by atoms with Crippen molar-refractivity contribution < 1.29 is 18.7 Å². The van der Waals surface area contributed by atoms with Crippen LogP contribution in [0.2, 0.25) is 0 Å². The topological polar surface area (TPSA) is 54.9 Å². The van der Waals surface area contributed by atoms with Crippen molar-refractivity contribution in [2.24, 2.45) is 0 Å². The van der Waals surface area contributed by atoms with Crippen LogP contribution in [-0.2, 0) is 11.3 Å². The third-order valence-electron chi connectivity index (χ3n) is 6.81. The number of aromatic nitrogens is 1. The molecule has 3 heterocycles. The Morgan fingerprint density at radius 1 is 1.15 bits per heavy atom. The van der Waals surface area contributed by atoms with Gasteiger partial charge in [0, 0.05) is 42.8 Å². The fourth-order valence-corrected chi connectivity index (χ4v) is 4.88. The second-order valence-electron chi connectivity index (χ2n) is 8.90. The zero-order valence-electron chi connectivity index (χ0n) is 19.0. The molecule has 1 amide bonds. The third-order valence-corrected chi connectivity index (χ3v) is 6.81. The van der Waals surface area contributed by atoms with E-state index in [1.807, 2.05) is 41.3 Å². The lowest BCUT2D eigenvalue weighted by atomic mass is 10.0. The zero-order valence-corrected chi connectivity index (χ0v) is 19.0. The fraction of sp³-hybridized carbons (Fsp3) is 0.385. The molecule has 5 rings (SSSR count). The Labute approximate surface area is 192 Å². The lowest BCUT2D eigenvalue weighted by Gasteiger charge is -2.35. The molecule has 2 aliphatic rings. The van der Waals surface area contributed by atoms with Gasteiger partial charge in [-0.3, -0.25) is 9.88 Å². The molecule has 1 atom stereocenters. The van der Waals surface area contributed by atoms with E-state index in [1.54, 1.807) is 26.3 Å². The first-order valence-corrected chi connectivity index (χ1v) is 11.4. The minimum absolute atomic E-state index is 0.149. The van der Waals surface area contributed by atoms with Gasteiger partial charge in [-0.1, -0.05) is 12.1 Å².